The minimum Gasteiger partial charge on any atom is -0.344 e. The van der Waals surface area contributed by atoms with Crippen molar-refractivity contribution in [2.75, 3.05) is 0 Å². The van der Waals surface area contributed by atoms with Gasteiger partial charge in [-0.1, -0.05) is 30.7 Å². The Bertz CT molecular complexity index is 582. The maximum Gasteiger partial charge on any atom is 0.271 e. The van der Waals surface area contributed by atoms with Gasteiger partial charge in [-0.05, 0) is 24.1 Å². The van der Waals surface area contributed by atoms with E-state index in [0.29, 0.717) is 17.3 Å². The van der Waals surface area contributed by atoms with E-state index in [2.05, 4.69) is 10.3 Å². The number of amides is 1. The van der Waals surface area contributed by atoms with Gasteiger partial charge in [-0.25, -0.2) is 4.98 Å². The number of hydrogen-bond acceptors (Lipinski definition) is 4. The summed E-state index contributed by atoms with van der Waals surface area (Å²) in [5, 5.41) is 6.15. The first kappa shape index (κ1) is 15.0. The van der Waals surface area contributed by atoms with Crippen molar-refractivity contribution in [1.29, 1.82) is 0 Å². The molecule has 6 heteroatoms. The van der Waals surface area contributed by atoms with Gasteiger partial charge in [-0.15, -0.1) is 11.3 Å². The number of halogens is 1. The highest BCUT2D eigenvalue weighted by Gasteiger charge is 2.16. The highest BCUT2D eigenvalue weighted by Crippen LogP contribution is 2.20. The predicted octanol–water partition coefficient (Wildman–Crippen LogP) is 3.14. The lowest BCUT2D eigenvalue weighted by Crippen LogP contribution is -2.28. The maximum atomic E-state index is 12.1. The number of aromatic nitrogens is 1. The molecule has 2 aromatic rings. The standard InChI is InChI=1S/C14H16ClN3OS/c1-2-11(9-3-5-10(15)6-4-9)18-14(19)12-8-20-13(7-16)17-12/h3-6,8,11H,2,7,16H2,1H3,(H,18,19). The number of thiazole rings is 1. The van der Waals surface area contributed by atoms with Crippen LogP contribution in [0.5, 0.6) is 0 Å². The first-order valence-corrected chi connectivity index (χ1v) is 7.60. The molecule has 0 aliphatic rings. The molecule has 0 fully saturated rings. The largest absolute Gasteiger partial charge is 0.344 e. The lowest BCUT2D eigenvalue weighted by atomic mass is 10.0. The molecule has 1 aromatic heterocycles. The summed E-state index contributed by atoms with van der Waals surface area (Å²) in [6.45, 7) is 2.37. The van der Waals surface area contributed by atoms with Crippen molar-refractivity contribution in [1.82, 2.24) is 10.3 Å². The van der Waals surface area contributed by atoms with Crippen LogP contribution < -0.4 is 11.1 Å². The van der Waals surface area contributed by atoms with Gasteiger partial charge in [0, 0.05) is 16.9 Å². The van der Waals surface area contributed by atoms with Gasteiger partial charge in [0.2, 0.25) is 0 Å². The van der Waals surface area contributed by atoms with Gasteiger partial charge in [-0.3, -0.25) is 4.79 Å². The number of rotatable bonds is 5. The van der Waals surface area contributed by atoms with Crippen LogP contribution in [0.3, 0.4) is 0 Å². The van der Waals surface area contributed by atoms with Crippen molar-refractivity contribution in [2.45, 2.75) is 25.9 Å². The fourth-order valence-corrected chi connectivity index (χ4v) is 2.64. The van der Waals surface area contributed by atoms with Crippen LogP contribution in [0.1, 0.15) is 40.4 Å². The Labute approximate surface area is 127 Å². The zero-order valence-electron chi connectivity index (χ0n) is 11.1. The second-order valence-corrected chi connectivity index (χ2v) is 5.70. The zero-order chi connectivity index (χ0) is 14.5. The number of hydrogen-bond donors (Lipinski definition) is 2. The summed E-state index contributed by atoms with van der Waals surface area (Å²) in [5.41, 5.74) is 6.95. The van der Waals surface area contributed by atoms with Crippen LogP contribution in [0.4, 0.5) is 0 Å². The third-order valence-corrected chi connectivity index (χ3v) is 4.07. The molecule has 0 saturated heterocycles. The van der Waals surface area contributed by atoms with E-state index >= 15 is 0 Å². The third-order valence-electron chi connectivity index (χ3n) is 2.94. The summed E-state index contributed by atoms with van der Waals surface area (Å²) in [4.78, 5) is 16.3. The number of carbonyl (C=O) groups is 1. The molecular formula is C14H16ClN3OS. The molecule has 0 aliphatic heterocycles. The minimum atomic E-state index is -0.178. The number of carbonyl (C=O) groups excluding carboxylic acids is 1. The summed E-state index contributed by atoms with van der Waals surface area (Å²) < 4.78 is 0. The van der Waals surface area contributed by atoms with Gasteiger partial charge in [-0.2, -0.15) is 0 Å². The molecule has 1 aromatic carbocycles. The number of nitrogens with zero attached hydrogens (tertiary/aromatic N) is 1. The van der Waals surface area contributed by atoms with Crippen LogP contribution in [0.15, 0.2) is 29.6 Å². The molecule has 106 valence electrons. The fraction of sp³-hybridized carbons (Fsp3) is 0.286. The third kappa shape index (κ3) is 3.56. The van der Waals surface area contributed by atoms with Crippen molar-refractivity contribution in [2.24, 2.45) is 5.73 Å². The summed E-state index contributed by atoms with van der Waals surface area (Å²) in [7, 11) is 0. The van der Waals surface area contributed by atoms with Crippen LogP contribution in [0.25, 0.3) is 0 Å². The van der Waals surface area contributed by atoms with Crippen molar-refractivity contribution in [3.63, 3.8) is 0 Å². The Morgan fingerprint density at radius 3 is 2.70 bits per heavy atom. The first-order chi connectivity index (χ1) is 9.63. The van der Waals surface area contributed by atoms with Crippen molar-refractivity contribution < 1.29 is 4.79 Å². The molecule has 0 saturated carbocycles. The Morgan fingerprint density at radius 1 is 1.45 bits per heavy atom. The molecule has 0 bridgehead atoms. The topological polar surface area (TPSA) is 68.0 Å². The van der Waals surface area contributed by atoms with E-state index in [4.69, 9.17) is 17.3 Å². The maximum absolute atomic E-state index is 12.1. The molecule has 0 aliphatic carbocycles. The summed E-state index contributed by atoms with van der Waals surface area (Å²) in [6.07, 6.45) is 0.793. The van der Waals surface area contributed by atoms with Crippen LogP contribution in [-0.4, -0.2) is 10.9 Å². The number of benzene rings is 1. The van der Waals surface area contributed by atoms with Gasteiger partial charge in [0.05, 0.1) is 6.04 Å². The quantitative estimate of drug-likeness (QED) is 0.891. The van der Waals surface area contributed by atoms with Crippen molar-refractivity contribution >= 4 is 28.8 Å². The number of nitrogens with two attached hydrogens (primary N) is 1. The monoisotopic (exact) mass is 309 g/mol. The highest BCUT2D eigenvalue weighted by molar-refractivity contribution is 7.09. The van der Waals surface area contributed by atoms with Crippen LogP contribution in [0, 0.1) is 0 Å². The Hall–Kier alpha value is -1.43. The normalized spacial score (nSPS) is 12.2. The van der Waals surface area contributed by atoms with Gasteiger partial charge in [0.25, 0.3) is 5.91 Å². The SMILES string of the molecule is CCC(NC(=O)c1csc(CN)n1)c1ccc(Cl)cc1. The van der Waals surface area contributed by atoms with Gasteiger partial charge in [0.15, 0.2) is 0 Å². The van der Waals surface area contributed by atoms with E-state index in [1.54, 1.807) is 5.38 Å². The van der Waals surface area contributed by atoms with Crippen LogP contribution in [-0.2, 0) is 6.54 Å². The molecule has 0 spiro atoms. The second-order valence-electron chi connectivity index (χ2n) is 4.32. The zero-order valence-corrected chi connectivity index (χ0v) is 12.7. The molecule has 0 radical (unpaired) electrons. The smallest absolute Gasteiger partial charge is 0.271 e. The molecule has 1 atom stereocenters. The van der Waals surface area contributed by atoms with Crippen molar-refractivity contribution in [3.8, 4) is 0 Å². The van der Waals surface area contributed by atoms with E-state index in [1.165, 1.54) is 11.3 Å². The lowest BCUT2D eigenvalue weighted by Gasteiger charge is -2.16. The molecule has 3 N–H and O–H groups in total. The van der Waals surface area contributed by atoms with E-state index < -0.39 is 0 Å². The predicted molar refractivity (Wildman–Crippen MR) is 82.0 cm³/mol. The summed E-state index contributed by atoms with van der Waals surface area (Å²) >= 11 is 7.27. The van der Waals surface area contributed by atoms with Gasteiger partial charge < -0.3 is 11.1 Å². The van der Waals surface area contributed by atoms with Crippen LogP contribution in [0.2, 0.25) is 5.02 Å². The molecule has 2 rings (SSSR count). The summed E-state index contributed by atoms with van der Waals surface area (Å²) in [5.74, 6) is -0.178. The second kappa shape index (κ2) is 6.83. The highest BCUT2D eigenvalue weighted by atomic mass is 35.5. The average molecular weight is 310 g/mol. The van der Waals surface area contributed by atoms with Crippen LogP contribution >= 0.6 is 22.9 Å². The molecule has 1 unspecified atom stereocenters. The Balaban J connectivity index is 2.09. The Morgan fingerprint density at radius 2 is 2.15 bits per heavy atom. The van der Waals surface area contributed by atoms with E-state index in [-0.39, 0.29) is 11.9 Å². The van der Waals surface area contributed by atoms with Crippen molar-refractivity contribution in [3.05, 3.63) is 50.9 Å². The summed E-state index contributed by atoms with van der Waals surface area (Å²) in [6, 6.07) is 7.43. The molecule has 1 amide bonds. The average Bonchev–Trinajstić information content (AvgIpc) is 2.94. The number of nitrogens with one attached hydrogen (secondary N) is 1. The Kier molecular flexibility index (Phi) is 5.11. The molecular weight excluding hydrogens is 294 g/mol. The van der Waals surface area contributed by atoms with E-state index in [1.807, 2.05) is 31.2 Å². The van der Waals surface area contributed by atoms with E-state index in [0.717, 1.165) is 17.0 Å². The molecule has 20 heavy (non-hydrogen) atoms. The minimum absolute atomic E-state index is 0.0530. The first-order valence-electron chi connectivity index (χ1n) is 6.34. The van der Waals surface area contributed by atoms with Gasteiger partial charge in [0.1, 0.15) is 10.7 Å². The van der Waals surface area contributed by atoms with Gasteiger partial charge >= 0.3 is 0 Å². The molecule has 4 nitrogen and oxygen atoms in total. The molecule has 1 heterocycles. The fourth-order valence-electron chi connectivity index (χ4n) is 1.86. The van der Waals surface area contributed by atoms with E-state index in [9.17, 15) is 4.79 Å². The lowest BCUT2D eigenvalue weighted by molar-refractivity contribution is 0.0931.